The van der Waals surface area contributed by atoms with Gasteiger partial charge in [-0.15, -0.1) is 0 Å². The first kappa shape index (κ1) is 11.7. The number of hydrogen-bond acceptors (Lipinski definition) is 2. The van der Waals surface area contributed by atoms with Crippen molar-refractivity contribution in [2.24, 2.45) is 0 Å². The number of nitrogens with zero attached hydrogens (tertiary/aromatic N) is 1. The highest BCUT2D eigenvalue weighted by Crippen LogP contribution is 2.13. The lowest BCUT2D eigenvalue weighted by Crippen LogP contribution is -1.93. The van der Waals surface area contributed by atoms with Crippen LogP contribution in [0.4, 0.5) is 0 Å². The van der Waals surface area contributed by atoms with Gasteiger partial charge in [0.25, 0.3) is 0 Å². The van der Waals surface area contributed by atoms with Crippen LogP contribution in [-0.4, -0.2) is 10.8 Å². The second kappa shape index (κ2) is 5.55. The van der Waals surface area contributed by atoms with E-state index in [4.69, 9.17) is 0 Å². The van der Waals surface area contributed by atoms with Crippen LogP contribution in [0.3, 0.4) is 0 Å². The summed E-state index contributed by atoms with van der Waals surface area (Å²) in [7, 11) is 0. The van der Waals surface area contributed by atoms with Gasteiger partial charge < -0.3 is 0 Å². The molecule has 1 aromatic heterocycles. The minimum absolute atomic E-state index is 0.0184. The molecule has 2 nitrogen and oxygen atoms in total. The van der Waals surface area contributed by atoms with E-state index in [9.17, 15) is 4.79 Å². The summed E-state index contributed by atoms with van der Waals surface area (Å²) >= 11 is 3.34. The lowest BCUT2D eigenvalue weighted by Gasteiger charge is -1.96. The highest BCUT2D eigenvalue weighted by Gasteiger charge is 2.01. The molecule has 0 aliphatic heterocycles. The molecule has 0 radical (unpaired) electrons. The SMILES string of the molecule is O=C(/C=C\c1cccnc1)c1cccc(Br)c1. The third-order valence-corrected chi connectivity index (χ3v) is 2.71. The van der Waals surface area contributed by atoms with E-state index in [1.807, 2.05) is 24.3 Å². The maximum absolute atomic E-state index is 11.8. The summed E-state index contributed by atoms with van der Waals surface area (Å²) < 4.78 is 0.901. The number of carbonyl (C=O) groups excluding carboxylic acids is 1. The number of carbonyl (C=O) groups is 1. The van der Waals surface area contributed by atoms with Crippen LogP contribution < -0.4 is 0 Å². The maximum atomic E-state index is 11.8. The molecule has 0 saturated carbocycles. The number of benzene rings is 1. The molecule has 0 atom stereocenters. The molecule has 1 heterocycles. The van der Waals surface area contributed by atoms with Crippen LogP contribution in [0, 0.1) is 0 Å². The summed E-state index contributed by atoms with van der Waals surface area (Å²) in [6.07, 6.45) is 6.73. The van der Waals surface area contributed by atoms with E-state index in [0.717, 1.165) is 10.0 Å². The monoisotopic (exact) mass is 287 g/mol. The van der Waals surface area contributed by atoms with Crippen molar-refractivity contribution in [2.45, 2.75) is 0 Å². The van der Waals surface area contributed by atoms with E-state index < -0.39 is 0 Å². The zero-order chi connectivity index (χ0) is 12.1. The first-order chi connectivity index (χ1) is 8.25. The topological polar surface area (TPSA) is 30.0 Å². The van der Waals surface area contributed by atoms with Gasteiger partial charge in [-0.1, -0.05) is 34.1 Å². The largest absolute Gasteiger partial charge is 0.289 e. The molecule has 0 amide bonds. The maximum Gasteiger partial charge on any atom is 0.185 e. The van der Waals surface area contributed by atoms with Crippen molar-refractivity contribution in [3.63, 3.8) is 0 Å². The number of halogens is 1. The number of ketones is 1. The van der Waals surface area contributed by atoms with Gasteiger partial charge in [-0.05, 0) is 35.9 Å². The van der Waals surface area contributed by atoms with Gasteiger partial charge in [0.2, 0.25) is 0 Å². The van der Waals surface area contributed by atoms with Gasteiger partial charge in [0.05, 0.1) is 0 Å². The Morgan fingerprint density at radius 3 is 2.82 bits per heavy atom. The fourth-order valence-electron chi connectivity index (χ4n) is 1.38. The summed E-state index contributed by atoms with van der Waals surface area (Å²) in [6.45, 7) is 0. The Morgan fingerprint density at radius 1 is 1.24 bits per heavy atom. The predicted octanol–water partition coefficient (Wildman–Crippen LogP) is 3.74. The van der Waals surface area contributed by atoms with Gasteiger partial charge >= 0.3 is 0 Å². The van der Waals surface area contributed by atoms with Gasteiger partial charge in [-0.25, -0.2) is 0 Å². The van der Waals surface area contributed by atoms with Crippen LogP contribution in [0.15, 0.2) is 59.3 Å². The summed E-state index contributed by atoms with van der Waals surface area (Å²) in [5.41, 5.74) is 1.58. The molecule has 0 unspecified atom stereocenters. The molecular weight excluding hydrogens is 278 g/mol. The molecule has 0 aliphatic rings. The number of hydrogen-bond donors (Lipinski definition) is 0. The Morgan fingerprint density at radius 2 is 2.12 bits per heavy atom. The van der Waals surface area contributed by atoms with Crippen LogP contribution in [0.5, 0.6) is 0 Å². The quantitative estimate of drug-likeness (QED) is 0.636. The molecule has 2 aromatic rings. The van der Waals surface area contributed by atoms with E-state index in [2.05, 4.69) is 20.9 Å². The normalized spacial score (nSPS) is 10.6. The molecule has 0 saturated heterocycles. The molecule has 1 aromatic carbocycles. The minimum atomic E-state index is -0.0184. The van der Waals surface area contributed by atoms with Crippen LogP contribution in [0.1, 0.15) is 15.9 Å². The molecule has 3 heteroatoms. The van der Waals surface area contributed by atoms with Crippen molar-refractivity contribution in [3.8, 4) is 0 Å². The molecule has 0 spiro atoms. The second-order valence-corrected chi connectivity index (χ2v) is 4.41. The minimum Gasteiger partial charge on any atom is -0.289 e. The molecule has 2 rings (SSSR count). The number of rotatable bonds is 3. The van der Waals surface area contributed by atoms with Crippen molar-refractivity contribution < 1.29 is 4.79 Å². The Kier molecular flexibility index (Phi) is 3.83. The molecule has 0 fully saturated rings. The number of aromatic nitrogens is 1. The lowest BCUT2D eigenvalue weighted by molar-refractivity contribution is 0.104. The fourth-order valence-corrected chi connectivity index (χ4v) is 1.78. The Labute approximate surface area is 108 Å². The first-order valence-corrected chi connectivity index (χ1v) is 5.93. The van der Waals surface area contributed by atoms with Gasteiger partial charge in [-0.3, -0.25) is 9.78 Å². The molecule has 17 heavy (non-hydrogen) atoms. The van der Waals surface area contributed by atoms with E-state index in [0.29, 0.717) is 5.56 Å². The average Bonchev–Trinajstić information content (AvgIpc) is 2.37. The van der Waals surface area contributed by atoms with Crippen molar-refractivity contribution in [2.75, 3.05) is 0 Å². The van der Waals surface area contributed by atoms with Crippen LogP contribution in [-0.2, 0) is 0 Å². The van der Waals surface area contributed by atoms with Crippen LogP contribution in [0.2, 0.25) is 0 Å². The summed E-state index contributed by atoms with van der Waals surface area (Å²) in [4.78, 5) is 15.8. The fraction of sp³-hybridized carbons (Fsp3) is 0. The zero-order valence-corrected chi connectivity index (χ0v) is 10.6. The third kappa shape index (κ3) is 3.36. The smallest absolute Gasteiger partial charge is 0.185 e. The predicted molar refractivity (Wildman–Crippen MR) is 71.7 cm³/mol. The van der Waals surface area contributed by atoms with Crippen molar-refractivity contribution >= 4 is 27.8 Å². The summed E-state index contributed by atoms with van der Waals surface area (Å²) in [5, 5.41) is 0. The Bertz CT molecular complexity index is 549. The Hall–Kier alpha value is -1.74. The number of pyridine rings is 1. The van der Waals surface area contributed by atoms with E-state index in [1.165, 1.54) is 0 Å². The van der Waals surface area contributed by atoms with Crippen molar-refractivity contribution in [3.05, 3.63) is 70.5 Å². The number of allylic oxidation sites excluding steroid dienone is 1. The highest BCUT2D eigenvalue weighted by atomic mass is 79.9. The average molecular weight is 288 g/mol. The Balaban J connectivity index is 2.15. The molecule has 84 valence electrons. The third-order valence-electron chi connectivity index (χ3n) is 2.22. The summed E-state index contributed by atoms with van der Waals surface area (Å²) in [6, 6.07) is 11.1. The van der Waals surface area contributed by atoms with E-state index in [-0.39, 0.29) is 5.78 Å². The van der Waals surface area contributed by atoms with Gasteiger partial charge in [0, 0.05) is 22.4 Å². The van der Waals surface area contributed by atoms with Crippen LogP contribution in [0.25, 0.3) is 6.08 Å². The molecule has 0 aliphatic carbocycles. The molecule has 0 bridgehead atoms. The van der Waals surface area contributed by atoms with Crippen molar-refractivity contribution in [1.29, 1.82) is 0 Å². The van der Waals surface area contributed by atoms with E-state index >= 15 is 0 Å². The molecule has 0 N–H and O–H groups in total. The first-order valence-electron chi connectivity index (χ1n) is 5.14. The van der Waals surface area contributed by atoms with E-state index in [1.54, 1.807) is 36.7 Å². The molecular formula is C14H10BrNO. The van der Waals surface area contributed by atoms with Crippen molar-refractivity contribution in [1.82, 2.24) is 4.98 Å². The van der Waals surface area contributed by atoms with Gasteiger partial charge in [0.15, 0.2) is 5.78 Å². The van der Waals surface area contributed by atoms with Crippen LogP contribution >= 0.6 is 15.9 Å². The highest BCUT2D eigenvalue weighted by molar-refractivity contribution is 9.10. The summed E-state index contributed by atoms with van der Waals surface area (Å²) in [5.74, 6) is -0.0184. The van der Waals surface area contributed by atoms with Gasteiger partial charge in [-0.2, -0.15) is 0 Å². The zero-order valence-electron chi connectivity index (χ0n) is 9.01. The second-order valence-electron chi connectivity index (χ2n) is 3.49. The standard InChI is InChI=1S/C14H10BrNO/c15-13-5-1-4-12(9-13)14(17)7-6-11-3-2-8-16-10-11/h1-10H/b7-6-. The lowest BCUT2D eigenvalue weighted by atomic mass is 10.1. The van der Waals surface area contributed by atoms with Gasteiger partial charge in [0.1, 0.15) is 0 Å².